The minimum atomic E-state index is -0.468. The molecule has 0 aliphatic rings. The minimum absolute atomic E-state index is 0.0378. The van der Waals surface area contributed by atoms with Crippen molar-refractivity contribution in [1.29, 1.82) is 0 Å². The molecule has 2 N–H and O–H groups in total. The second kappa shape index (κ2) is 5.65. The number of aromatic nitrogens is 1. The van der Waals surface area contributed by atoms with Gasteiger partial charge in [-0.15, -0.1) is 0 Å². The average molecular weight is 415 g/mol. The molecule has 6 heteroatoms. The molecule has 0 aliphatic carbocycles. The van der Waals surface area contributed by atoms with E-state index < -0.39 is 5.82 Å². The molecule has 3 aromatic rings. The third-order valence-corrected chi connectivity index (χ3v) is 4.02. The van der Waals surface area contributed by atoms with E-state index in [-0.39, 0.29) is 16.5 Å². The predicted molar refractivity (Wildman–Crippen MR) is 89.5 cm³/mol. The number of benzene rings is 2. The zero-order valence-electron chi connectivity index (χ0n) is 10.6. The van der Waals surface area contributed by atoms with E-state index in [1.54, 1.807) is 6.07 Å². The topological polar surface area (TPSA) is 52.0 Å². The summed E-state index contributed by atoms with van der Waals surface area (Å²) < 4.78 is 20.2. The molecule has 0 unspecified atom stereocenters. The molecule has 3 rings (SSSR count). The maximum Gasteiger partial charge on any atom is 0.230 e. The molecule has 0 amide bonds. The zero-order chi connectivity index (χ0) is 15.0. The molecule has 0 saturated heterocycles. The van der Waals surface area contributed by atoms with Gasteiger partial charge in [-0.2, -0.15) is 0 Å². The zero-order valence-corrected chi connectivity index (χ0v) is 13.5. The van der Waals surface area contributed by atoms with Crippen LogP contribution in [-0.2, 0) is 0 Å². The van der Waals surface area contributed by atoms with Gasteiger partial charge in [-0.1, -0.05) is 35.0 Å². The fourth-order valence-electron chi connectivity index (χ4n) is 2.11. The molecule has 0 saturated carbocycles. The minimum Gasteiger partial charge on any atom is -0.367 e. The largest absolute Gasteiger partial charge is 0.367 e. The Morgan fingerprint density at radius 2 is 1.90 bits per heavy atom. The maximum atomic E-state index is 14.2. The third-order valence-electron chi connectivity index (χ3n) is 3.03. The molecule has 0 radical (unpaired) electrons. The van der Waals surface area contributed by atoms with Crippen LogP contribution in [0.4, 0.5) is 10.3 Å². The molecule has 3 nitrogen and oxygen atoms in total. The first-order chi connectivity index (χ1) is 10.1. The molecular formula is C15H9ClFIN2O. The third kappa shape index (κ3) is 2.63. The summed E-state index contributed by atoms with van der Waals surface area (Å²) in [5, 5.41) is 4.22. The van der Waals surface area contributed by atoms with Crippen molar-refractivity contribution in [2.24, 2.45) is 0 Å². The highest BCUT2D eigenvalue weighted by atomic mass is 127. The van der Waals surface area contributed by atoms with E-state index in [2.05, 4.69) is 27.7 Å². The van der Waals surface area contributed by atoms with E-state index in [9.17, 15) is 4.39 Å². The molecule has 0 spiro atoms. The van der Waals surface area contributed by atoms with Crippen molar-refractivity contribution in [3.63, 3.8) is 0 Å². The van der Waals surface area contributed by atoms with Gasteiger partial charge in [-0.25, -0.2) is 4.39 Å². The molecule has 106 valence electrons. The standard InChI is InChI=1S/C15H9ClFIN2O/c16-10-5-2-6-11(17)12(10)13-14(20-21-15(13)19)8-3-1-4-9(18)7-8/h1-7H,19H2. The lowest BCUT2D eigenvalue weighted by Crippen LogP contribution is -1.92. The Balaban J connectivity index is 2.28. The molecule has 2 aromatic carbocycles. The average Bonchev–Trinajstić information content (AvgIpc) is 2.81. The van der Waals surface area contributed by atoms with Crippen molar-refractivity contribution in [1.82, 2.24) is 5.16 Å². The molecule has 0 fully saturated rings. The Morgan fingerprint density at radius 3 is 2.62 bits per heavy atom. The van der Waals surface area contributed by atoms with Crippen molar-refractivity contribution in [3.05, 3.63) is 56.9 Å². The van der Waals surface area contributed by atoms with Crippen molar-refractivity contribution in [2.45, 2.75) is 0 Å². The Bertz CT molecular complexity index is 799. The highest BCUT2D eigenvalue weighted by molar-refractivity contribution is 14.1. The Labute approximate surface area is 139 Å². The molecule has 1 heterocycles. The van der Waals surface area contributed by atoms with Crippen LogP contribution in [0.3, 0.4) is 0 Å². The van der Waals surface area contributed by atoms with Crippen molar-refractivity contribution in [2.75, 3.05) is 5.73 Å². The Kier molecular flexibility index (Phi) is 3.86. The van der Waals surface area contributed by atoms with Crippen LogP contribution < -0.4 is 5.73 Å². The van der Waals surface area contributed by atoms with Gasteiger partial charge in [-0.05, 0) is 46.9 Å². The summed E-state index contributed by atoms with van der Waals surface area (Å²) in [4.78, 5) is 0. The van der Waals surface area contributed by atoms with Gasteiger partial charge >= 0.3 is 0 Å². The summed E-state index contributed by atoms with van der Waals surface area (Å²) in [7, 11) is 0. The molecule has 0 aliphatic heterocycles. The van der Waals surface area contributed by atoms with E-state index in [4.69, 9.17) is 21.9 Å². The summed E-state index contributed by atoms with van der Waals surface area (Å²) in [6.45, 7) is 0. The van der Waals surface area contributed by atoms with Crippen molar-refractivity contribution in [3.8, 4) is 22.4 Å². The van der Waals surface area contributed by atoms with E-state index >= 15 is 0 Å². The molecule has 0 atom stereocenters. The highest BCUT2D eigenvalue weighted by Gasteiger charge is 2.22. The number of nitrogen functional groups attached to an aromatic ring is 1. The van der Waals surface area contributed by atoms with Crippen LogP contribution in [0.2, 0.25) is 5.02 Å². The maximum absolute atomic E-state index is 14.2. The van der Waals surface area contributed by atoms with Crippen LogP contribution in [-0.4, -0.2) is 5.16 Å². The van der Waals surface area contributed by atoms with Gasteiger partial charge in [0, 0.05) is 14.7 Å². The fraction of sp³-hybridized carbons (Fsp3) is 0. The molecular weight excluding hydrogens is 406 g/mol. The predicted octanol–water partition coefficient (Wildman–Crippen LogP) is 4.99. The van der Waals surface area contributed by atoms with E-state index in [0.717, 1.165) is 9.13 Å². The monoisotopic (exact) mass is 414 g/mol. The quantitative estimate of drug-likeness (QED) is 0.601. The van der Waals surface area contributed by atoms with Crippen LogP contribution >= 0.6 is 34.2 Å². The summed E-state index contributed by atoms with van der Waals surface area (Å²) in [6.07, 6.45) is 0. The van der Waals surface area contributed by atoms with Crippen LogP contribution in [0, 0.1) is 9.39 Å². The van der Waals surface area contributed by atoms with Crippen LogP contribution in [0.5, 0.6) is 0 Å². The Morgan fingerprint density at radius 1 is 1.14 bits per heavy atom. The van der Waals surface area contributed by atoms with Crippen molar-refractivity contribution < 1.29 is 8.91 Å². The summed E-state index contributed by atoms with van der Waals surface area (Å²) in [6, 6.07) is 12.1. The van der Waals surface area contributed by atoms with Crippen molar-refractivity contribution >= 4 is 40.1 Å². The summed E-state index contributed by atoms with van der Waals surface area (Å²) in [5.41, 5.74) is 7.66. The van der Waals surface area contributed by atoms with Gasteiger partial charge in [0.15, 0.2) is 0 Å². The van der Waals surface area contributed by atoms with E-state index in [1.165, 1.54) is 12.1 Å². The number of hydrogen-bond acceptors (Lipinski definition) is 3. The molecule has 0 bridgehead atoms. The van der Waals surface area contributed by atoms with Gasteiger partial charge in [0.1, 0.15) is 11.5 Å². The van der Waals surface area contributed by atoms with E-state index in [1.807, 2.05) is 24.3 Å². The second-order valence-corrected chi connectivity index (χ2v) is 6.03. The lowest BCUT2D eigenvalue weighted by Gasteiger charge is -2.06. The number of nitrogens with two attached hydrogens (primary N) is 1. The van der Waals surface area contributed by atoms with Gasteiger partial charge in [0.2, 0.25) is 5.88 Å². The SMILES string of the molecule is Nc1onc(-c2cccc(I)c2)c1-c1c(F)cccc1Cl. The van der Waals surface area contributed by atoms with Crippen LogP contribution in [0.1, 0.15) is 0 Å². The summed E-state index contributed by atoms with van der Waals surface area (Å²) in [5.74, 6) is -0.430. The Hall–Kier alpha value is -1.60. The first-order valence-corrected chi connectivity index (χ1v) is 7.49. The van der Waals surface area contributed by atoms with Gasteiger partial charge in [0.25, 0.3) is 0 Å². The molecule has 21 heavy (non-hydrogen) atoms. The second-order valence-electron chi connectivity index (χ2n) is 4.38. The first-order valence-electron chi connectivity index (χ1n) is 6.03. The number of halogens is 3. The number of rotatable bonds is 2. The molecule has 1 aromatic heterocycles. The lowest BCUT2D eigenvalue weighted by atomic mass is 10.0. The van der Waals surface area contributed by atoms with Gasteiger partial charge < -0.3 is 10.3 Å². The fourth-order valence-corrected chi connectivity index (χ4v) is 2.91. The van der Waals surface area contributed by atoms with Crippen LogP contribution in [0.25, 0.3) is 22.4 Å². The normalized spacial score (nSPS) is 10.8. The van der Waals surface area contributed by atoms with Gasteiger partial charge in [0.05, 0.1) is 10.6 Å². The van der Waals surface area contributed by atoms with Gasteiger partial charge in [-0.3, -0.25) is 0 Å². The number of nitrogens with zero attached hydrogens (tertiary/aromatic N) is 1. The summed E-state index contributed by atoms with van der Waals surface area (Å²) >= 11 is 8.31. The number of hydrogen-bond donors (Lipinski definition) is 1. The lowest BCUT2D eigenvalue weighted by molar-refractivity contribution is 0.439. The van der Waals surface area contributed by atoms with Crippen LogP contribution in [0.15, 0.2) is 47.0 Å². The number of anilines is 1. The van der Waals surface area contributed by atoms with E-state index in [0.29, 0.717) is 11.3 Å². The smallest absolute Gasteiger partial charge is 0.230 e. The first kappa shape index (κ1) is 14.3. The highest BCUT2D eigenvalue weighted by Crippen LogP contribution is 2.41.